The van der Waals surface area contributed by atoms with E-state index in [-0.39, 0.29) is 0 Å². The van der Waals surface area contributed by atoms with Gasteiger partial charge in [0, 0.05) is 24.2 Å². The quantitative estimate of drug-likeness (QED) is 0.885. The fourth-order valence-electron chi connectivity index (χ4n) is 6.19. The Morgan fingerprint density at radius 2 is 2.04 bits per heavy atom. The number of nitrogens with one attached hydrogen (secondary N) is 1. The monoisotopic (exact) mass is 350 g/mol. The first-order valence-electron chi connectivity index (χ1n) is 9.62. The predicted octanol–water partition coefficient (Wildman–Crippen LogP) is 3.05. The highest BCUT2D eigenvalue weighted by Crippen LogP contribution is 2.56. The lowest BCUT2D eigenvalue weighted by Gasteiger charge is -2.58. The van der Waals surface area contributed by atoms with Gasteiger partial charge in [0.1, 0.15) is 0 Å². The maximum absolute atomic E-state index is 10.9. The summed E-state index contributed by atoms with van der Waals surface area (Å²) in [6.45, 7) is 0. The number of hydrogen-bond acceptors (Lipinski definition) is 6. The van der Waals surface area contributed by atoms with Crippen LogP contribution in [0.5, 0.6) is 0 Å². The molecule has 26 heavy (non-hydrogen) atoms. The number of fused-ring (bicyclic) bond motifs is 1. The second kappa shape index (κ2) is 5.16. The number of aliphatic hydroxyl groups is 1. The molecule has 2 aromatic rings. The Bertz CT molecular complexity index is 875. The van der Waals surface area contributed by atoms with Crippen LogP contribution in [-0.4, -0.2) is 31.9 Å². The summed E-state index contributed by atoms with van der Waals surface area (Å²) in [5.41, 5.74) is 3.77. The normalized spacial score (nSPS) is 36.5. The molecule has 5 aliphatic carbocycles. The van der Waals surface area contributed by atoms with E-state index in [0.29, 0.717) is 29.7 Å². The van der Waals surface area contributed by atoms with Gasteiger partial charge in [-0.1, -0.05) is 12.2 Å². The topological polar surface area (TPSA) is 84.1 Å². The number of aromatic nitrogens is 3. The van der Waals surface area contributed by atoms with E-state index >= 15 is 0 Å². The van der Waals surface area contributed by atoms with Crippen molar-refractivity contribution in [2.24, 2.45) is 17.8 Å². The average Bonchev–Trinajstić information content (AvgIpc) is 3.27. The Morgan fingerprint density at radius 3 is 2.77 bits per heavy atom. The van der Waals surface area contributed by atoms with Crippen molar-refractivity contribution < 1.29 is 9.52 Å². The van der Waals surface area contributed by atoms with Gasteiger partial charge in [-0.05, 0) is 49.9 Å². The summed E-state index contributed by atoms with van der Waals surface area (Å²) < 4.78 is 5.48. The highest BCUT2D eigenvalue weighted by atomic mass is 16.4. The van der Waals surface area contributed by atoms with Gasteiger partial charge < -0.3 is 14.8 Å². The van der Waals surface area contributed by atoms with Gasteiger partial charge in [-0.15, -0.1) is 10.2 Å². The number of allylic oxidation sites excluding steroid dienone is 1. The van der Waals surface area contributed by atoms with Crippen molar-refractivity contribution in [3.8, 4) is 11.5 Å². The van der Waals surface area contributed by atoms with Crippen molar-refractivity contribution in [1.29, 1.82) is 0 Å². The van der Waals surface area contributed by atoms with Crippen LogP contribution in [0.25, 0.3) is 17.5 Å². The standard InChI is InChI=1S/C20H22N4O2/c25-20-6-11-4-12(7-20)17(13(5-11)8-20)23-18-14-2-1-3-16(14)21-9-15(18)19-24-22-10-26-19/h1-2,9-13,17,25H,3-8H2,(H,21,23)/t11?,12-,13+,17?,20?. The lowest BCUT2D eigenvalue weighted by molar-refractivity contribution is -0.129. The summed E-state index contributed by atoms with van der Waals surface area (Å²) in [5, 5.41) is 22.7. The van der Waals surface area contributed by atoms with Crippen LogP contribution in [-0.2, 0) is 6.42 Å². The molecule has 4 saturated carbocycles. The zero-order valence-corrected chi connectivity index (χ0v) is 14.6. The number of hydrogen-bond donors (Lipinski definition) is 2. The molecule has 0 spiro atoms. The highest BCUT2D eigenvalue weighted by Gasteiger charge is 2.54. The van der Waals surface area contributed by atoms with Gasteiger partial charge in [0.2, 0.25) is 6.39 Å². The first-order valence-corrected chi connectivity index (χ1v) is 9.62. The minimum Gasteiger partial charge on any atom is -0.423 e. The maximum atomic E-state index is 10.9. The minimum atomic E-state index is -0.413. The molecule has 2 aromatic heterocycles. The Labute approximate surface area is 151 Å². The third-order valence-corrected chi connectivity index (χ3v) is 6.94. The van der Waals surface area contributed by atoms with Crippen LogP contribution in [0.15, 0.2) is 23.1 Å². The molecule has 2 N–H and O–H groups in total. The Morgan fingerprint density at radius 1 is 1.19 bits per heavy atom. The second-order valence-corrected chi connectivity index (χ2v) is 8.62. The van der Waals surface area contributed by atoms with Crippen molar-refractivity contribution in [2.75, 3.05) is 5.32 Å². The molecule has 0 amide bonds. The van der Waals surface area contributed by atoms with E-state index in [1.165, 1.54) is 19.2 Å². The molecule has 0 aliphatic heterocycles. The molecule has 6 nitrogen and oxygen atoms in total. The van der Waals surface area contributed by atoms with E-state index in [1.807, 2.05) is 6.20 Å². The van der Waals surface area contributed by atoms with E-state index in [2.05, 4.69) is 32.7 Å². The average molecular weight is 350 g/mol. The van der Waals surface area contributed by atoms with Gasteiger partial charge in [-0.3, -0.25) is 4.98 Å². The smallest absolute Gasteiger partial charge is 0.251 e. The fourth-order valence-corrected chi connectivity index (χ4v) is 6.19. The molecule has 134 valence electrons. The van der Waals surface area contributed by atoms with Crippen LogP contribution in [0.4, 0.5) is 5.69 Å². The SMILES string of the molecule is OC12CC3C[C@H](C1)C(Nc1c(-c4nnco4)cnc4c1C=CC4)[C@@H](C3)C2. The molecule has 2 heterocycles. The third kappa shape index (κ3) is 2.11. The summed E-state index contributed by atoms with van der Waals surface area (Å²) in [5.74, 6) is 2.28. The number of nitrogens with zero attached hydrogens (tertiary/aromatic N) is 3. The molecule has 0 saturated heterocycles. The van der Waals surface area contributed by atoms with Crippen LogP contribution in [0.3, 0.4) is 0 Å². The van der Waals surface area contributed by atoms with Crippen molar-refractivity contribution in [1.82, 2.24) is 15.2 Å². The highest BCUT2D eigenvalue weighted by molar-refractivity contribution is 5.83. The minimum absolute atomic E-state index is 0.397. The molecular weight excluding hydrogens is 328 g/mol. The Hall–Kier alpha value is -2.21. The summed E-state index contributed by atoms with van der Waals surface area (Å²) >= 11 is 0. The largest absolute Gasteiger partial charge is 0.423 e. The molecule has 0 radical (unpaired) electrons. The van der Waals surface area contributed by atoms with Crippen LogP contribution >= 0.6 is 0 Å². The number of rotatable bonds is 3. The molecule has 6 heteroatoms. The molecule has 5 atom stereocenters. The van der Waals surface area contributed by atoms with Crippen molar-refractivity contribution in [2.45, 2.75) is 50.2 Å². The van der Waals surface area contributed by atoms with Gasteiger partial charge in [0.15, 0.2) is 0 Å². The molecule has 5 aliphatic rings. The number of anilines is 1. The van der Waals surface area contributed by atoms with E-state index in [1.54, 1.807) is 0 Å². The van der Waals surface area contributed by atoms with Crippen molar-refractivity contribution in [3.63, 3.8) is 0 Å². The van der Waals surface area contributed by atoms with Gasteiger partial charge >= 0.3 is 0 Å². The van der Waals surface area contributed by atoms with E-state index < -0.39 is 5.60 Å². The maximum Gasteiger partial charge on any atom is 0.251 e. The van der Waals surface area contributed by atoms with Crippen LogP contribution in [0.2, 0.25) is 0 Å². The third-order valence-electron chi connectivity index (χ3n) is 6.94. The Balaban J connectivity index is 1.41. The molecular formula is C20H22N4O2. The summed E-state index contributed by atoms with van der Waals surface area (Å²) in [7, 11) is 0. The molecule has 0 aromatic carbocycles. The Kier molecular flexibility index (Phi) is 2.96. The molecule has 4 bridgehead atoms. The van der Waals surface area contributed by atoms with Gasteiger partial charge in [0.05, 0.1) is 22.5 Å². The first-order chi connectivity index (χ1) is 12.7. The zero-order chi connectivity index (χ0) is 17.3. The first kappa shape index (κ1) is 14.9. The van der Waals surface area contributed by atoms with Crippen LogP contribution in [0, 0.1) is 17.8 Å². The van der Waals surface area contributed by atoms with Crippen molar-refractivity contribution in [3.05, 3.63) is 29.9 Å². The van der Waals surface area contributed by atoms with E-state index in [4.69, 9.17) is 4.42 Å². The predicted molar refractivity (Wildman–Crippen MR) is 96.2 cm³/mol. The summed E-state index contributed by atoms with van der Waals surface area (Å²) in [6, 6.07) is 0.397. The van der Waals surface area contributed by atoms with Crippen molar-refractivity contribution >= 4 is 11.8 Å². The fraction of sp³-hybridized carbons (Fsp3) is 0.550. The number of pyridine rings is 1. The van der Waals surface area contributed by atoms with Gasteiger partial charge in [-0.2, -0.15) is 0 Å². The summed E-state index contributed by atoms with van der Waals surface area (Å²) in [4.78, 5) is 4.60. The molecule has 7 rings (SSSR count). The van der Waals surface area contributed by atoms with Crippen LogP contribution < -0.4 is 5.32 Å². The lowest BCUT2D eigenvalue weighted by atomic mass is 9.52. The molecule has 4 fully saturated rings. The molecule has 3 unspecified atom stereocenters. The second-order valence-electron chi connectivity index (χ2n) is 8.62. The lowest BCUT2D eigenvalue weighted by Crippen LogP contribution is -2.59. The van der Waals surface area contributed by atoms with Gasteiger partial charge in [-0.25, -0.2) is 0 Å². The van der Waals surface area contributed by atoms with E-state index in [0.717, 1.165) is 48.2 Å². The van der Waals surface area contributed by atoms with Gasteiger partial charge in [0.25, 0.3) is 5.89 Å². The summed E-state index contributed by atoms with van der Waals surface area (Å²) in [6.07, 6.45) is 13.7. The van der Waals surface area contributed by atoms with Crippen LogP contribution in [0.1, 0.15) is 43.4 Å². The zero-order valence-electron chi connectivity index (χ0n) is 14.6. The van der Waals surface area contributed by atoms with E-state index in [9.17, 15) is 5.11 Å².